The average Bonchev–Trinajstić information content (AvgIpc) is 2.56. The van der Waals surface area contributed by atoms with E-state index in [-0.39, 0.29) is 5.91 Å². The zero-order valence-corrected chi connectivity index (χ0v) is 13.5. The first kappa shape index (κ1) is 16.8. The summed E-state index contributed by atoms with van der Waals surface area (Å²) in [5, 5.41) is 0. The Morgan fingerprint density at radius 3 is 2.68 bits per heavy atom. The summed E-state index contributed by atoms with van der Waals surface area (Å²) in [6.07, 6.45) is 1.39. The van der Waals surface area contributed by atoms with E-state index >= 15 is 0 Å². The zero-order chi connectivity index (χ0) is 16.0. The maximum Gasteiger partial charge on any atom is 0.230 e. The van der Waals surface area contributed by atoms with Gasteiger partial charge >= 0.3 is 0 Å². The van der Waals surface area contributed by atoms with Gasteiger partial charge in [0.2, 0.25) is 5.91 Å². The molecule has 1 amide bonds. The molecule has 2 N–H and O–H groups in total. The van der Waals surface area contributed by atoms with Crippen LogP contribution in [0.3, 0.4) is 0 Å². The second-order valence-electron chi connectivity index (χ2n) is 5.80. The summed E-state index contributed by atoms with van der Waals surface area (Å²) >= 11 is 0. The van der Waals surface area contributed by atoms with E-state index in [1.165, 1.54) is 0 Å². The SMILES string of the molecule is CCOc1ccccc1CN(C)C(=O)C1(CN)CCOCC1. The molecule has 0 atom stereocenters. The molecule has 0 radical (unpaired) electrons. The van der Waals surface area contributed by atoms with Crippen LogP contribution in [0.1, 0.15) is 25.3 Å². The summed E-state index contributed by atoms with van der Waals surface area (Å²) in [7, 11) is 1.83. The third kappa shape index (κ3) is 3.59. The van der Waals surface area contributed by atoms with Crippen molar-refractivity contribution < 1.29 is 14.3 Å². The molecule has 122 valence electrons. The first-order valence-corrected chi connectivity index (χ1v) is 7.87. The number of carbonyl (C=O) groups is 1. The molecule has 0 bridgehead atoms. The summed E-state index contributed by atoms with van der Waals surface area (Å²) in [6, 6.07) is 7.83. The van der Waals surface area contributed by atoms with Gasteiger partial charge in [-0.1, -0.05) is 18.2 Å². The molecular weight excluding hydrogens is 280 g/mol. The van der Waals surface area contributed by atoms with E-state index in [1.54, 1.807) is 4.90 Å². The Morgan fingerprint density at radius 1 is 1.36 bits per heavy atom. The van der Waals surface area contributed by atoms with Crippen molar-refractivity contribution in [2.75, 3.05) is 33.4 Å². The van der Waals surface area contributed by atoms with Crippen molar-refractivity contribution in [1.29, 1.82) is 0 Å². The van der Waals surface area contributed by atoms with Crippen molar-refractivity contribution in [2.45, 2.75) is 26.3 Å². The standard InChI is InChI=1S/C17H26N2O3/c1-3-22-15-7-5-4-6-14(15)12-19(2)16(20)17(13-18)8-10-21-11-9-17/h4-7H,3,8-13,18H2,1-2H3. The quantitative estimate of drug-likeness (QED) is 0.870. The van der Waals surface area contributed by atoms with Gasteiger partial charge in [0.05, 0.1) is 12.0 Å². The van der Waals surface area contributed by atoms with Gasteiger partial charge in [0.15, 0.2) is 0 Å². The number of amides is 1. The molecule has 1 aromatic rings. The molecule has 0 aromatic heterocycles. The van der Waals surface area contributed by atoms with Gasteiger partial charge in [-0.3, -0.25) is 4.79 Å². The lowest BCUT2D eigenvalue weighted by Crippen LogP contribution is -2.49. The van der Waals surface area contributed by atoms with Crippen LogP contribution in [0, 0.1) is 5.41 Å². The fourth-order valence-electron chi connectivity index (χ4n) is 2.93. The van der Waals surface area contributed by atoms with Crippen molar-refractivity contribution >= 4 is 5.91 Å². The van der Waals surface area contributed by atoms with Crippen LogP contribution in [0.5, 0.6) is 5.75 Å². The van der Waals surface area contributed by atoms with Crippen molar-refractivity contribution in [1.82, 2.24) is 4.90 Å². The van der Waals surface area contributed by atoms with E-state index < -0.39 is 5.41 Å². The van der Waals surface area contributed by atoms with Crippen LogP contribution in [0.15, 0.2) is 24.3 Å². The Bertz CT molecular complexity index is 498. The Balaban J connectivity index is 2.11. The zero-order valence-electron chi connectivity index (χ0n) is 13.5. The van der Waals surface area contributed by atoms with Gasteiger partial charge < -0.3 is 20.1 Å². The first-order valence-electron chi connectivity index (χ1n) is 7.87. The van der Waals surface area contributed by atoms with Gasteiger partial charge in [-0.05, 0) is 25.8 Å². The normalized spacial score (nSPS) is 17.0. The highest BCUT2D eigenvalue weighted by atomic mass is 16.5. The second-order valence-corrected chi connectivity index (χ2v) is 5.80. The fourth-order valence-corrected chi connectivity index (χ4v) is 2.93. The number of para-hydroxylation sites is 1. The number of nitrogens with zero attached hydrogens (tertiary/aromatic N) is 1. The maximum absolute atomic E-state index is 12.9. The predicted octanol–water partition coefficient (Wildman–Crippen LogP) is 1.80. The fraction of sp³-hybridized carbons (Fsp3) is 0.588. The number of hydrogen-bond acceptors (Lipinski definition) is 4. The van der Waals surface area contributed by atoms with Crippen molar-refractivity contribution in [2.24, 2.45) is 11.1 Å². The van der Waals surface area contributed by atoms with E-state index in [9.17, 15) is 4.79 Å². The molecule has 1 heterocycles. The number of carbonyl (C=O) groups excluding carboxylic acids is 1. The number of nitrogens with two attached hydrogens (primary N) is 1. The lowest BCUT2D eigenvalue weighted by molar-refractivity contribution is -0.146. The third-order valence-electron chi connectivity index (χ3n) is 4.32. The van der Waals surface area contributed by atoms with Crippen molar-refractivity contribution in [3.8, 4) is 5.75 Å². The monoisotopic (exact) mass is 306 g/mol. The van der Waals surface area contributed by atoms with E-state index in [1.807, 2.05) is 38.2 Å². The number of rotatable bonds is 6. The molecule has 2 rings (SSSR count). The number of hydrogen-bond donors (Lipinski definition) is 1. The van der Waals surface area contributed by atoms with E-state index in [0.29, 0.717) is 45.8 Å². The van der Waals surface area contributed by atoms with Gasteiger partial charge in [0, 0.05) is 38.9 Å². The molecule has 1 saturated heterocycles. The number of ether oxygens (including phenoxy) is 2. The molecule has 5 heteroatoms. The minimum Gasteiger partial charge on any atom is -0.494 e. The van der Waals surface area contributed by atoms with Crippen LogP contribution in [-0.2, 0) is 16.1 Å². The van der Waals surface area contributed by atoms with Crippen LogP contribution in [-0.4, -0.2) is 44.2 Å². The topological polar surface area (TPSA) is 64.8 Å². The van der Waals surface area contributed by atoms with Crippen LogP contribution < -0.4 is 10.5 Å². The van der Waals surface area contributed by atoms with E-state index in [4.69, 9.17) is 15.2 Å². The van der Waals surface area contributed by atoms with Gasteiger partial charge in [-0.2, -0.15) is 0 Å². The molecule has 0 aliphatic carbocycles. The summed E-state index contributed by atoms with van der Waals surface area (Å²) < 4.78 is 11.0. The van der Waals surface area contributed by atoms with Crippen molar-refractivity contribution in [3.63, 3.8) is 0 Å². The minimum absolute atomic E-state index is 0.101. The molecule has 5 nitrogen and oxygen atoms in total. The predicted molar refractivity (Wildman–Crippen MR) is 85.6 cm³/mol. The molecule has 1 aliphatic rings. The molecule has 0 unspecified atom stereocenters. The van der Waals surface area contributed by atoms with E-state index in [0.717, 1.165) is 11.3 Å². The van der Waals surface area contributed by atoms with Gasteiger partial charge in [-0.25, -0.2) is 0 Å². The molecule has 22 heavy (non-hydrogen) atoms. The molecule has 0 saturated carbocycles. The van der Waals surface area contributed by atoms with E-state index in [2.05, 4.69) is 0 Å². The highest BCUT2D eigenvalue weighted by Crippen LogP contribution is 2.32. The van der Waals surface area contributed by atoms with Gasteiger partial charge in [0.1, 0.15) is 5.75 Å². The maximum atomic E-state index is 12.9. The highest BCUT2D eigenvalue weighted by molar-refractivity contribution is 5.83. The summed E-state index contributed by atoms with van der Waals surface area (Å²) in [5.41, 5.74) is 6.45. The Morgan fingerprint density at radius 2 is 2.05 bits per heavy atom. The molecule has 1 aromatic carbocycles. The average molecular weight is 306 g/mol. The Hall–Kier alpha value is -1.59. The first-order chi connectivity index (χ1) is 10.6. The largest absolute Gasteiger partial charge is 0.494 e. The van der Waals surface area contributed by atoms with Gasteiger partial charge in [0.25, 0.3) is 0 Å². The minimum atomic E-state index is -0.479. The molecule has 1 aliphatic heterocycles. The highest BCUT2D eigenvalue weighted by Gasteiger charge is 2.40. The van der Waals surface area contributed by atoms with Gasteiger partial charge in [-0.15, -0.1) is 0 Å². The van der Waals surface area contributed by atoms with Crippen LogP contribution in [0.2, 0.25) is 0 Å². The molecular formula is C17H26N2O3. The lowest BCUT2D eigenvalue weighted by Gasteiger charge is -2.37. The lowest BCUT2D eigenvalue weighted by atomic mass is 9.79. The summed E-state index contributed by atoms with van der Waals surface area (Å²) in [5.74, 6) is 0.933. The summed E-state index contributed by atoms with van der Waals surface area (Å²) in [6.45, 7) is 4.67. The van der Waals surface area contributed by atoms with Crippen molar-refractivity contribution in [3.05, 3.63) is 29.8 Å². The second kappa shape index (κ2) is 7.61. The number of benzene rings is 1. The van der Waals surface area contributed by atoms with Crippen LogP contribution >= 0.6 is 0 Å². The third-order valence-corrected chi connectivity index (χ3v) is 4.32. The molecule has 0 spiro atoms. The summed E-state index contributed by atoms with van der Waals surface area (Å²) in [4.78, 5) is 14.6. The Kier molecular flexibility index (Phi) is 5.80. The smallest absolute Gasteiger partial charge is 0.230 e. The molecule has 1 fully saturated rings. The Labute approximate surface area is 132 Å². The van der Waals surface area contributed by atoms with Crippen LogP contribution in [0.25, 0.3) is 0 Å². The van der Waals surface area contributed by atoms with Crippen LogP contribution in [0.4, 0.5) is 0 Å².